The molecule has 1 N–H and O–H groups in total. The summed E-state index contributed by atoms with van der Waals surface area (Å²) in [6.45, 7) is 2.73. The van der Waals surface area contributed by atoms with Crippen LogP contribution in [-0.2, 0) is 17.9 Å². The van der Waals surface area contributed by atoms with Crippen LogP contribution in [-0.4, -0.2) is 60.2 Å². The molecule has 1 aliphatic rings. The summed E-state index contributed by atoms with van der Waals surface area (Å²) in [5.74, 6) is 0.445. The van der Waals surface area contributed by atoms with Gasteiger partial charge in [-0.25, -0.2) is 0 Å². The van der Waals surface area contributed by atoms with E-state index in [-0.39, 0.29) is 18.4 Å². The standard InChI is InChI=1S/C15H22N6O2/c22-9-8-21-7-3-14(18-21)13-2-1-5-20(10-13)15(23)4-6-19-11-16-17-12-19/h3,7,11-13,22H,1-2,4-6,8-10H2/t13-/m1/s1. The maximum absolute atomic E-state index is 12.4. The van der Waals surface area contributed by atoms with Gasteiger partial charge in [0.25, 0.3) is 0 Å². The van der Waals surface area contributed by atoms with Crippen molar-refractivity contribution in [3.63, 3.8) is 0 Å². The average Bonchev–Trinajstić information content (AvgIpc) is 3.25. The molecule has 0 saturated carbocycles. The summed E-state index contributed by atoms with van der Waals surface area (Å²) in [5, 5.41) is 21.0. The van der Waals surface area contributed by atoms with E-state index in [0.29, 0.717) is 19.5 Å². The van der Waals surface area contributed by atoms with Crippen molar-refractivity contribution >= 4 is 5.91 Å². The Bertz CT molecular complexity index is 624. The first-order chi connectivity index (χ1) is 11.3. The maximum atomic E-state index is 12.4. The van der Waals surface area contributed by atoms with Crippen molar-refractivity contribution in [1.29, 1.82) is 0 Å². The van der Waals surface area contributed by atoms with Gasteiger partial charge in [-0.1, -0.05) is 0 Å². The summed E-state index contributed by atoms with van der Waals surface area (Å²) in [6.07, 6.45) is 7.64. The second-order valence-electron chi connectivity index (χ2n) is 5.86. The lowest BCUT2D eigenvalue weighted by Crippen LogP contribution is -2.39. The lowest BCUT2D eigenvalue weighted by atomic mass is 9.95. The first-order valence-corrected chi connectivity index (χ1v) is 8.00. The fraction of sp³-hybridized carbons (Fsp3) is 0.600. The number of aromatic nitrogens is 5. The highest BCUT2D eigenvalue weighted by atomic mass is 16.3. The number of hydrogen-bond acceptors (Lipinski definition) is 5. The van der Waals surface area contributed by atoms with Gasteiger partial charge in [0.05, 0.1) is 18.8 Å². The molecule has 0 bridgehead atoms. The van der Waals surface area contributed by atoms with E-state index in [1.807, 2.05) is 21.7 Å². The lowest BCUT2D eigenvalue weighted by molar-refractivity contribution is -0.132. The van der Waals surface area contributed by atoms with E-state index in [1.54, 1.807) is 17.3 Å². The van der Waals surface area contributed by atoms with Crippen molar-refractivity contribution < 1.29 is 9.90 Å². The SMILES string of the molecule is O=C(CCn1cnnc1)N1CCC[C@@H](c2ccn(CCO)n2)C1. The molecule has 0 aromatic carbocycles. The molecule has 1 amide bonds. The minimum absolute atomic E-state index is 0.0828. The van der Waals surface area contributed by atoms with Crippen molar-refractivity contribution in [1.82, 2.24) is 29.4 Å². The third-order valence-electron chi connectivity index (χ3n) is 4.23. The fourth-order valence-electron chi connectivity index (χ4n) is 2.99. The third kappa shape index (κ3) is 3.95. The van der Waals surface area contributed by atoms with Crippen LogP contribution in [0.15, 0.2) is 24.9 Å². The van der Waals surface area contributed by atoms with Crippen molar-refractivity contribution in [2.24, 2.45) is 0 Å². The van der Waals surface area contributed by atoms with Gasteiger partial charge in [0.1, 0.15) is 12.7 Å². The van der Waals surface area contributed by atoms with E-state index in [1.165, 1.54) is 0 Å². The molecule has 1 saturated heterocycles. The number of nitrogens with zero attached hydrogens (tertiary/aromatic N) is 6. The normalized spacial score (nSPS) is 18.3. The summed E-state index contributed by atoms with van der Waals surface area (Å²) in [6, 6.07) is 1.99. The second-order valence-corrected chi connectivity index (χ2v) is 5.86. The van der Waals surface area contributed by atoms with E-state index < -0.39 is 0 Å². The van der Waals surface area contributed by atoms with Gasteiger partial charge in [0, 0.05) is 38.2 Å². The van der Waals surface area contributed by atoms with Crippen LogP contribution in [0, 0.1) is 0 Å². The number of amides is 1. The van der Waals surface area contributed by atoms with Crippen LogP contribution in [0.25, 0.3) is 0 Å². The third-order valence-corrected chi connectivity index (χ3v) is 4.23. The largest absolute Gasteiger partial charge is 0.394 e. The number of piperidine rings is 1. The molecular formula is C15H22N6O2. The number of carbonyl (C=O) groups is 1. The molecule has 8 heteroatoms. The number of aliphatic hydroxyl groups excluding tert-OH is 1. The van der Waals surface area contributed by atoms with Crippen LogP contribution in [0.1, 0.15) is 30.9 Å². The zero-order valence-corrected chi connectivity index (χ0v) is 13.1. The molecular weight excluding hydrogens is 296 g/mol. The minimum Gasteiger partial charge on any atom is -0.394 e. The Balaban J connectivity index is 1.55. The second kappa shape index (κ2) is 7.36. The Hall–Kier alpha value is -2.22. The van der Waals surface area contributed by atoms with Gasteiger partial charge < -0.3 is 14.6 Å². The van der Waals surface area contributed by atoms with Crippen LogP contribution < -0.4 is 0 Å². The van der Waals surface area contributed by atoms with Gasteiger partial charge in [-0.15, -0.1) is 10.2 Å². The van der Waals surface area contributed by atoms with Crippen LogP contribution in [0.3, 0.4) is 0 Å². The van der Waals surface area contributed by atoms with Crippen LogP contribution in [0.2, 0.25) is 0 Å². The van der Waals surface area contributed by atoms with Crippen LogP contribution in [0.5, 0.6) is 0 Å². The molecule has 8 nitrogen and oxygen atoms in total. The molecule has 0 unspecified atom stereocenters. The highest BCUT2D eigenvalue weighted by Crippen LogP contribution is 2.26. The zero-order chi connectivity index (χ0) is 16.1. The summed E-state index contributed by atoms with van der Waals surface area (Å²) in [5.41, 5.74) is 1.01. The molecule has 1 aliphatic heterocycles. The Labute approximate surface area is 134 Å². The van der Waals surface area contributed by atoms with Gasteiger partial charge in [0.15, 0.2) is 0 Å². The highest BCUT2D eigenvalue weighted by Gasteiger charge is 2.25. The van der Waals surface area contributed by atoms with Gasteiger partial charge in [-0.3, -0.25) is 9.48 Å². The predicted octanol–water partition coefficient (Wildman–Crippen LogP) is 0.263. The number of aryl methyl sites for hydroxylation is 1. The number of likely N-dealkylation sites (tertiary alicyclic amines) is 1. The molecule has 124 valence electrons. The molecule has 0 aliphatic carbocycles. The van der Waals surface area contributed by atoms with Crippen molar-refractivity contribution in [3.8, 4) is 0 Å². The van der Waals surface area contributed by atoms with Gasteiger partial charge in [-0.2, -0.15) is 5.10 Å². The number of rotatable bonds is 6. The van der Waals surface area contributed by atoms with Crippen molar-refractivity contribution in [2.45, 2.75) is 38.3 Å². The summed E-state index contributed by atoms with van der Waals surface area (Å²) in [4.78, 5) is 14.3. The van der Waals surface area contributed by atoms with Crippen LogP contribution >= 0.6 is 0 Å². The molecule has 1 atom stereocenters. The van der Waals surface area contributed by atoms with Gasteiger partial charge in [-0.05, 0) is 18.9 Å². The quantitative estimate of drug-likeness (QED) is 0.825. The smallest absolute Gasteiger partial charge is 0.224 e. The van der Waals surface area contributed by atoms with E-state index in [2.05, 4.69) is 15.3 Å². The Morgan fingerprint density at radius 2 is 2.13 bits per heavy atom. The molecule has 0 radical (unpaired) electrons. The molecule has 3 heterocycles. The number of hydrogen-bond donors (Lipinski definition) is 1. The molecule has 3 rings (SSSR count). The maximum Gasteiger partial charge on any atom is 0.224 e. The Morgan fingerprint density at radius 3 is 2.91 bits per heavy atom. The molecule has 0 spiro atoms. The molecule has 2 aromatic heterocycles. The summed E-state index contributed by atoms with van der Waals surface area (Å²) < 4.78 is 3.57. The summed E-state index contributed by atoms with van der Waals surface area (Å²) >= 11 is 0. The summed E-state index contributed by atoms with van der Waals surface area (Å²) in [7, 11) is 0. The fourth-order valence-corrected chi connectivity index (χ4v) is 2.99. The molecule has 23 heavy (non-hydrogen) atoms. The number of carbonyl (C=O) groups excluding carboxylic acids is 1. The van der Waals surface area contributed by atoms with E-state index in [4.69, 9.17) is 5.11 Å². The minimum atomic E-state index is 0.0828. The van der Waals surface area contributed by atoms with E-state index in [0.717, 1.165) is 31.6 Å². The highest BCUT2D eigenvalue weighted by molar-refractivity contribution is 5.76. The lowest BCUT2D eigenvalue weighted by Gasteiger charge is -2.32. The first-order valence-electron chi connectivity index (χ1n) is 8.00. The molecule has 1 fully saturated rings. The molecule has 2 aromatic rings. The Morgan fingerprint density at radius 1 is 1.30 bits per heavy atom. The van der Waals surface area contributed by atoms with Crippen molar-refractivity contribution in [3.05, 3.63) is 30.6 Å². The first kappa shape index (κ1) is 15.7. The van der Waals surface area contributed by atoms with Crippen LogP contribution in [0.4, 0.5) is 0 Å². The predicted molar refractivity (Wildman–Crippen MR) is 82.5 cm³/mol. The average molecular weight is 318 g/mol. The van der Waals surface area contributed by atoms with E-state index in [9.17, 15) is 4.79 Å². The Kier molecular flexibility index (Phi) is 5.02. The topological polar surface area (TPSA) is 89.1 Å². The monoisotopic (exact) mass is 318 g/mol. The zero-order valence-electron chi connectivity index (χ0n) is 13.1. The van der Waals surface area contributed by atoms with Crippen molar-refractivity contribution in [2.75, 3.05) is 19.7 Å². The van der Waals surface area contributed by atoms with Gasteiger partial charge >= 0.3 is 0 Å². The number of aliphatic hydroxyl groups is 1. The van der Waals surface area contributed by atoms with Gasteiger partial charge in [0.2, 0.25) is 5.91 Å². The van der Waals surface area contributed by atoms with E-state index >= 15 is 0 Å².